The van der Waals surface area contributed by atoms with Gasteiger partial charge in [0, 0.05) is 77.7 Å². The molecule has 0 saturated carbocycles. The minimum absolute atomic E-state index is 0.0997. The standard InChI is InChI=1S/C29H29FN6O3S/c1-4-21(37)34-7-9-35(10-8-34)27-19-11-17(2)22(23-20(30)6-5-18-12-31-33(3)24(18)23)26-25(19)36(28(38)32-27)13-29(16-40-26)14-39-15-29/h4-6,11-12H,1,7-10,13-16H2,2-3H3. The number of anilines is 1. The number of aryl methyl sites for hydroxylation is 2. The maximum atomic E-state index is 15.8. The highest BCUT2D eigenvalue weighted by Crippen LogP contribution is 2.49. The van der Waals surface area contributed by atoms with Gasteiger partial charge in [-0.15, -0.1) is 11.8 Å². The molecule has 0 unspecified atom stereocenters. The third-order valence-electron chi connectivity index (χ3n) is 8.40. The molecule has 206 valence electrons. The number of nitrogens with zero attached hydrogens (tertiary/aromatic N) is 6. The van der Waals surface area contributed by atoms with Gasteiger partial charge >= 0.3 is 5.69 Å². The van der Waals surface area contributed by atoms with Crippen LogP contribution >= 0.6 is 11.8 Å². The molecule has 2 aromatic heterocycles. The van der Waals surface area contributed by atoms with Crippen molar-refractivity contribution < 1.29 is 13.9 Å². The molecule has 3 aliphatic heterocycles. The Morgan fingerprint density at radius 1 is 1.18 bits per heavy atom. The van der Waals surface area contributed by atoms with Crippen molar-refractivity contribution in [2.75, 3.05) is 50.0 Å². The molecule has 3 aliphatic rings. The van der Waals surface area contributed by atoms with Crippen molar-refractivity contribution in [2.24, 2.45) is 12.5 Å². The maximum Gasteiger partial charge on any atom is 0.350 e. The SMILES string of the molecule is C=CC(=O)N1CCN(c2nc(=O)n3c4c(c(-c5c(F)ccc6cnn(C)c56)c(C)cc24)SCC2(COC2)C3)CC1. The van der Waals surface area contributed by atoms with Crippen molar-refractivity contribution in [3.63, 3.8) is 0 Å². The fraction of sp³-hybridized carbons (Fsp3) is 0.379. The van der Waals surface area contributed by atoms with E-state index in [0.717, 1.165) is 43.6 Å². The van der Waals surface area contributed by atoms with Gasteiger partial charge in [-0.1, -0.05) is 6.58 Å². The van der Waals surface area contributed by atoms with Crippen molar-refractivity contribution in [3.8, 4) is 11.1 Å². The van der Waals surface area contributed by atoms with Gasteiger partial charge in [-0.2, -0.15) is 10.1 Å². The first-order valence-electron chi connectivity index (χ1n) is 13.4. The quantitative estimate of drug-likeness (QED) is 0.355. The Kier molecular flexibility index (Phi) is 5.79. The summed E-state index contributed by atoms with van der Waals surface area (Å²) < 4.78 is 24.9. The van der Waals surface area contributed by atoms with Gasteiger partial charge in [0.15, 0.2) is 0 Å². The number of fused-ring (bicyclic) bond motifs is 1. The number of amides is 1. The first-order chi connectivity index (χ1) is 19.3. The highest BCUT2D eigenvalue weighted by molar-refractivity contribution is 7.99. The van der Waals surface area contributed by atoms with Crippen molar-refractivity contribution in [1.29, 1.82) is 0 Å². The summed E-state index contributed by atoms with van der Waals surface area (Å²) in [4.78, 5) is 35.2. The van der Waals surface area contributed by atoms with E-state index in [1.54, 1.807) is 38.2 Å². The number of halogens is 1. The van der Waals surface area contributed by atoms with Crippen LogP contribution in [0.3, 0.4) is 0 Å². The third-order valence-corrected chi connectivity index (χ3v) is 9.84. The number of carbonyl (C=O) groups is 1. The zero-order valence-corrected chi connectivity index (χ0v) is 23.3. The Bertz CT molecular complexity index is 1780. The monoisotopic (exact) mass is 560 g/mol. The molecule has 0 radical (unpaired) electrons. The number of hydrogen-bond acceptors (Lipinski definition) is 7. The Morgan fingerprint density at radius 2 is 1.95 bits per heavy atom. The van der Waals surface area contributed by atoms with E-state index in [2.05, 4.69) is 21.6 Å². The van der Waals surface area contributed by atoms with Gasteiger partial charge < -0.3 is 14.5 Å². The Balaban J connectivity index is 1.48. The first-order valence-corrected chi connectivity index (χ1v) is 14.3. The molecule has 0 aliphatic carbocycles. The number of carbonyl (C=O) groups excluding carboxylic acids is 1. The van der Waals surface area contributed by atoms with E-state index in [0.29, 0.717) is 57.3 Å². The Hall–Kier alpha value is -3.70. The summed E-state index contributed by atoms with van der Waals surface area (Å²) >= 11 is 1.67. The summed E-state index contributed by atoms with van der Waals surface area (Å²) in [6, 6.07) is 5.28. The molecule has 2 fully saturated rings. The predicted octanol–water partition coefficient (Wildman–Crippen LogP) is 3.35. The highest BCUT2D eigenvalue weighted by atomic mass is 32.2. The number of hydrogen-bond donors (Lipinski definition) is 0. The van der Waals surface area contributed by atoms with E-state index in [4.69, 9.17) is 4.74 Å². The largest absolute Gasteiger partial charge is 0.380 e. The maximum absolute atomic E-state index is 15.8. The fourth-order valence-corrected chi connectivity index (χ4v) is 7.75. The Labute approximate surface area is 234 Å². The van der Waals surface area contributed by atoms with Gasteiger partial charge in [-0.05, 0) is 36.8 Å². The molecular formula is C29H29FN6O3S. The third kappa shape index (κ3) is 3.71. The van der Waals surface area contributed by atoms with Crippen LogP contribution in [-0.2, 0) is 23.1 Å². The minimum atomic E-state index is -0.326. The van der Waals surface area contributed by atoms with Crippen LogP contribution in [-0.4, -0.2) is 75.3 Å². The number of piperazine rings is 1. The van der Waals surface area contributed by atoms with Crippen LogP contribution in [0.15, 0.2) is 46.7 Å². The predicted molar refractivity (Wildman–Crippen MR) is 153 cm³/mol. The number of thioether (sulfide) groups is 1. The van der Waals surface area contributed by atoms with E-state index in [1.807, 2.05) is 20.0 Å². The van der Waals surface area contributed by atoms with Crippen LogP contribution in [0, 0.1) is 18.2 Å². The van der Waals surface area contributed by atoms with Crippen LogP contribution in [0.25, 0.3) is 32.9 Å². The minimum Gasteiger partial charge on any atom is -0.380 e. The zero-order chi connectivity index (χ0) is 27.8. The van der Waals surface area contributed by atoms with Crippen molar-refractivity contribution in [3.05, 3.63) is 58.9 Å². The topological polar surface area (TPSA) is 85.5 Å². The van der Waals surface area contributed by atoms with Crippen LogP contribution in [0.2, 0.25) is 0 Å². The number of rotatable bonds is 3. The molecule has 0 atom stereocenters. The summed E-state index contributed by atoms with van der Waals surface area (Å²) in [5.74, 6) is 0.934. The van der Waals surface area contributed by atoms with Crippen molar-refractivity contribution in [2.45, 2.75) is 18.4 Å². The van der Waals surface area contributed by atoms with Crippen LogP contribution in [0.5, 0.6) is 0 Å². The summed E-state index contributed by atoms with van der Waals surface area (Å²) in [5, 5.41) is 6.12. The summed E-state index contributed by atoms with van der Waals surface area (Å²) in [6.07, 6.45) is 3.07. The summed E-state index contributed by atoms with van der Waals surface area (Å²) in [7, 11) is 1.82. The molecule has 7 rings (SSSR count). The lowest BCUT2D eigenvalue weighted by atomic mass is 9.88. The molecule has 40 heavy (non-hydrogen) atoms. The molecule has 1 spiro atoms. The van der Waals surface area contributed by atoms with E-state index in [9.17, 15) is 9.59 Å². The summed E-state index contributed by atoms with van der Waals surface area (Å²) in [5.41, 5.74) is 3.18. The van der Waals surface area contributed by atoms with Gasteiger partial charge in [0.2, 0.25) is 5.91 Å². The first kappa shape index (κ1) is 25.3. The zero-order valence-electron chi connectivity index (χ0n) is 22.4. The number of aromatic nitrogens is 4. The average molecular weight is 561 g/mol. The van der Waals surface area contributed by atoms with E-state index < -0.39 is 0 Å². The Morgan fingerprint density at radius 3 is 2.65 bits per heavy atom. The molecule has 2 saturated heterocycles. The second-order valence-corrected chi connectivity index (χ2v) is 12.0. The lowest BCUT2D eigenvalue weighted by Gasteiger charge is -2.40. The molecule has 5 heterocycles. The summed E-state index contributed by atoms with van der Waals surface area (Å²) in [6.45, 7) is 9.37. The molecule has 0 bridgehead atoms. The molecule has 2 aromatic carbocycles. The molecule has 4 aromatic rings. The van der Waals surface area contributed by atoms with Crippen LogP contribution in [0.1, 0.15) is 5.56 Å². The molecule has 1 amide bonds. The van der Waals surface area contributed by atoms with Gasteiger partial charge in [-0.3, -0.25) is 14.0 Å². The molecular weight excluding hydrogens is 531 g/mol. The normalized spacial score (nSPS) is 18.3. The van der Waals surface area contributed by atoms with E-state index in [-0.39, 0.29) is 22.8 Å². The van der Waals surface area contributed by atoms with E-state index in [1.165, 1.54) is 12.1 Å². The van der Waals surface area contributed by atoms with Gasteiger partial charge in [0.25, 0.3) is 0 Å². The number of benzene rings is 2. The second-order valence-electron chi connectivity index (χ2n) is 11.0. The van der Waals surface area contributed by atoms with E-state index >= 15 is 4.39 Å². The van der Waals surface area contributed by atoms with Gasteiger partial charge in [0.05, 0.1) is 30.4 Å². The molecule has 9 nitrogen and oxygen atoms in total. The smallest absolute Gasteiger partial charge is 0.350 e. The number of ether oxygens (including phenoxy) is 1. The second kappa shape index (κ2) is 9.17. The fourth-order valence-electron chi connectivity index (χ4n) is 6.28. The van der Waals surface area contributed by atoms with Gasteiger partial charge in [0.1, 0.15) is 11.6 Å². The van der Waals surface area contributed by atoms with Crippen molar-refractivity contribution in [1.82, 2.24) is 24.2 Å². The lowest BCUT2D eigenvalue weighted by Crippen LogP contribution is -2.50. The molecule has 11 heteroatoms. The molecule has 0 N–H and O–H groups in total. The van der Waals surface area contributed by atoms with Crippen LogP contribution in [0.4, 0.5) is 10.2 Å². The van der Waals surface area contributed by atoms with Crippen molar-refractivity contribution >= 4 is 45.3 Å². The van der Waals surface area contributed by atoms with Gasteiger partial charge in [-0.25, -0.2) is 9.18 Å². The van der Waals surface area contributed by atoms with Crippen LogP contribution < -0.4 is 10.6 Å². The average Bonchev–Trinajstić information content (AvgIpc) is 3.20. The lowest BCUT2D eigenvalue weighted by molar-refractivity contribution is -0.126. The highest BCUT2D eigenvalue weighted by Gasteiger charge is 2.43.